The van der Waals surface area contributed by atoms with Crippen molar-refractivity contribution in [1.82, 2.24) is 9.80 Å². The first-order chi connectivity index (χ1) is 13.7. The number of piperazine rings is 1. The Hall–Kier alpha value is -2.03. The van der Waals surface area contributed by atoms with E-state index in [1.165, 1.54) is 4.88 Å². The zero-order valence-electron chi connectivity index (χ0n) is 16.1. The molecule has 9 heteroatoms. The molecule has 0 saturated carbocycles. The molecular weight excluding hydrogens is 428 g/mol. The summed E-state index contributed by atoms with van der Waals surface area (Å²) in [5, 5.41) is 11.9. The third kappa shape index (κ3) is 5.32. The first kappa shape index (κ1) is 21.7. The quantitative estimate of drug-likeness (QED) is 0.716. The Morgan fingerprint density at radius 2 is 1.86 bits per heavy atom. The zero-order valence-corrected chi connectivity index (χ0v) is 18.6. The van der Waals surface area contributed by atoms with Crippen LogP contribution in [0.4, 0.5) is 0 Å². The standard InChI is InChI=1S/C20H22N4O2S2.ClH/c1-26-16-6-4-15(5-7-16)13-19(25)23-8-10-24(11-9-23)20-22-21-17(14-28-20)18-3-2-12-27-18;/h2-7,12H,8-11,13-14H2,1H3;1H. The summed E-state index contributed by atoms with van der Waals surface area (Å²) < 4.78 is 5.16. The molecule has 154 valence electrons. The van der Waals surface area contributed by atoms with Gasteiger partial charge in [-0.1, -0.05) is 30.0 Å². The van der Waals surface area contributed by atoms with E-state index in [9.17, 15) is 4.79 Å². The molecule has 2 aromatic rings. The smallest absolute Gasteiger partial charge is 0.227 e. The molecule has 1 fully saturated rings. The first-order valence-corrected chi connectivity index (χ1v) is 11.1. The van der Waals surface area contributed by atoms with Crippen molar-refractivity contribution in [3.8, 4) is 5.75 Å². The van der Waals surface area contributed by atoms with Crippen LogP contribution in [0.1, 0.15) is 10.4 Å². The molecule has 0 N–H and O–H groups in total. The van der Waals surface area contributed by atoms with Crippen LogP contribution in [-0.4, -0.2) is 65.6 Å². The molecule has 0 unspecified atom stereocenters. The van der Waals surface area contributed by atoms with E-state index in [0.717, 1.165) is 54.1 Å². The summed E-state index contributed by atoms with van der Waals surface area (Å²) in [6, 6.07) is 11.8. The van der Waals surface area contributed by atoms with Gasteiger partial charge in [-0.05, 0) is 29.1 Å². The monoisotopic (exact) mass is 450 g/mol. The summed E-state index contributed by atoms with van der Waals surface area (Å²) in [5.74, 6) is 1.82. The molecule has 0 radical (unpaired) electrons. The highest BCUT2D eigenvalue weighted by molar-refractivity contribution is 8.14. The van der Waals surface area contributed by atoms with E-state index in [4.69, 9.17) is 4.74 Å². The molecule has 0 spiro atoms. The molecule has 1 amide bonds. The van der Waals surface area contributed by atoms with Crippen molar-refractivity contribution in [3.63, 3.8) is 0 Å². The van der Waals surface area contributed by atoms with Gasteiger partial charge in [0.25, 0.3) is 0 Å². The summed E-state index contributed by atoms with van der Waals surface area (Å²) in [6.45, 7) is 3.03. The Balaban J connectivity index is 0.00000240. The van der Waals surface area contributed by atoms with Crippen molar-refractivity contribution < 1.29 is 9.53 Å². The minimum atomic E-state index is 0. The van der Waals surface area contributed by atoms with Crippen molar-refractivity contribution in [2.75, 3.05) is 39.0 Å². The lowest BCUT2D eigenvalue weighted by Crippen LogP contribution is -2.50. The number of carbonyl (C=O) groups excluding carboxylic acids is 1. The number of thioether (sulfide) groups is 1. The lowest BCUT2D eigenvalue weighted by atomic mass is 10.1. The molecule has 1 saturated heterocycles. The summed E-state index contributed by atoms with van der Waals surface area (Å²) in [7, 11) is 1.64. The average Bonchev–Trinajstić information content (AvgIpc) is 3.29. The van der Waals surface area contributed by atoms with Crippen molar-refractivity contribution in [1.29, 1.82) is 0 Å². The van der Waals surface area contributed by atoms with Crippen molar-refractivity contribution in [2.24, 2.45) is 10.2 Å². The molecule has 1 aromatic heterocycles. The molecule has 4 rings (SSSR count). The number of hydrogen-bond acceptors (Lipinski definition) is 7. The fourth-order valence-electron chi connectivity index (χ4n) is 3.19. The zero-order chi connectivity index (χ0) is 19.3. The van der Waals surface area contributed by atoms with Gasteiger partial charge in [0.2, 0.25) is 5.91 Å². The Labute approximate surface area is 185 Å². The van der Waals surface area contributed by atoms with E-state index in [1.807, 2.05) is 35.2 Å². The molecule has 2 aliphatic heterocycles. The number of carbonyl (C=O) groups is 1. The number of thiophene rings is 1. The van der Waals surface area contributed by atoms with Gasteiger partial charge in [-0.3, -0.25) is 4.79 Å². The van der Waals surface area contributed by atoms with E-state index in [0.29, 0.717) is 6.42 Å². The average molecular weight is 451 g/mol. The van der Waals surface area contributed by atoms with Gasteiger partial charge in [-0.25, -0.2) is 0 Å². The van der Waals surface area contributed by atoms with Crippen molar-refractivity contribution in [2.45, 2.75) is 6.42 Å². The van der Waals surface area contributed by atoms with E-state index < -0.39 is 0 Å². The van der Waals surface area contributed by atoms with Gasteiger partial charge in [0.05, 0.1) is 24.1 Å². The maximum atomic E-state index is 12.6. The molecule has 0 bridgehead atoms. The van der Waals surface area contributed by atoms with Crippen LogP contribution < -0.4 is 4.74 Å². The normalized spacial score (nSPS) is 16.6. The minimum Gasteiger partial charge on any atom is -0.497 e. The molecule has 0 aliphatic carbocycles. The number of methoxy groups -OCH3 is 1. The second-order valence-electron chi connectivity index (χ2n) is 6.59. The Morgan fingerprint density at radius 1 is 1.10 bits per heavy atom. The van der Waals surface area contributed by atoms with Gasteiger partial charge >= 0.3 is 0 Å². The number of nitrogens with zero attached hydrogens (tertiary/aromatic N) is 4. The van der Waals surface area contributed by atoms with Crippen LogP contribution in [0, 0.1) is 0 Å². The van der Waals surface area contributed by atoms with Gasteiger partial charge in [0.15, 0.2) is 5.17 Å². The number of benzene rings is 1. The number of halogens is 1. The molecule has 6 nitrogen and oxygen atoms in total. The Bertz CT molecular complexity index is 876. The number of amidine groups is 1. The first-order valence-electron chi connectivity index (χ1n) is 9.20. The van der Waals surface area contributed by atoms with Gasteiger partial charge in [-0.15, -0.1) is 28.8 Å². The highest BCUT2D eigenvalue weighted by atomic mass is 35.5. The summed E-state index contributed by atoms with van der Waals surface area (Å²) >= 11 is 3.42. The lowest BCUT2D eigenvalue weighted by molar-refractivity contribution is -0.131. The largest absolute Gasteiger partial charge is 0.497 e. The summed E-state index contributed by atoms with van der Waals surface area (Å²) in [4.78, 5) is 18.0. The maximum absolute atomic E-state index is 12.6. The van der Waals surface area contributed by atoms with Crippen LogP contribution in [0.5, 0.6) is 5.75 Å². The van der Waals surface area contributed by atoms with Crippen LogP contribution in [0.15, 0.2) is 52.0 Å². The van der Waals surface area contributed by atoms with Gasteiger partial charge in [0, 0.05) is 31.9 Å². The third-order valence-corrected chi connectivity index (χ3v) is 6.75. The van der Waals surface area contributed by atoms with E-state index >= 15 is 0 Å². The van der Waals surface area contributed by atoms with Crippen molar-refractivity contribution in [3.05, 3.63) is 52.2 Å². The second kappa shape index (κ2) is 10.1. The number of amides is 1. The molecule has 1 aromatic carbocycles. The Kier molecular flexibility index (Phi) is 7.57. The van der Waals surface area contributed by atoms with Crippen LogP contribution >= 0.6 is 35.5 Å². The highest BCUT2D eigenvalue weighted by Crippen LogP contribution is 2.22. The molecule has 29 heavy (non-hydrogen) atoms. The van der Waals surface area contributed by atoms with E-state index in [2.05, 4.69) is 26.5 Å². The van der Waals surface area contributed by atoms with Crippen molar-refractivity contribution >= 4 is 52.3 Å². The van der Waals surface area contributed by atoms with Crippen LogP contribution in [0.2, 0.25) is 0 Å². The van der Waals surface area contributed by atoms with E-state index in [-0.39, 0.29) is 18.3 Å². The molecule has 3 heterocycles. The van der Waals surface area contributed by atoms with Crippen LogP contribution in [0.25, 0.3) is 0 Å². The molecular formula is C20H23ClN4O2S2. The highest BCUT2D eigenvalue weighted by Gasteiger charge is 2.25. The molecule has 2 aliphatic rings. The van der Waals surface area contributed by atoms with E-state index in [1.54, 1.807) is 30.2 Å². The fourth-order valence-corrected chi connectivity index (χ4v) is 4.93. The fraction of sp³-hybridized carbons (Fsp3) is 0.350. The summed E-state index contributed by atoms with van der Waals surface area (Å²) in [6.07, 6.45) is 0.425. The minimum absolute atomic E-state index is 0. The van der Waals surface area contributed by atoms with Gasteiger partial charge in [-0.2, -0.15) is 5.10 Å². The second-order valence-corrected chi connectivity index (χ2v) is 8.48. The van der Waals surface area contributed by atoms with Gasteiger partial charge < -0.3 is 14.5 Å². The Morgan fingerprint density at radius 3 is 2.45 bits per heavy atom. The maximum Gasteiger partial charge on any atom is 0.227 e. The number of hydrogen-bond donors (Lipinski definition) is 0. The summed E-state index contributed by atoms with van der Waals surface area (Å²) in [5.41, 5.74) is 2.05. The third-order valence-electron chi connectivity index (χ3n) is 4.82. The SMILES string of the molecule is COc1ccc(CC(=O)N2CCN(C3=NN=C(c4cccs4)CS3)CC2)cc1.Cl. The lowest BCUT2D eigenvalue weighted by Gasteiger charge is -2.36. The predicted molar refractivity (Wildman–Crippen MR) is 123 cm³/mol. The van der Waals surface area contributed by atoms with Crippen LogP contribution in [-0.2, 0) is 11.2 Å². The van der Waals surface area contributed by atoms with Crippen LogP contribution in [0.3, 0.4) is 0 Å². The van der Waals surface area contributed by atoms with Gasteiger partial charge in [0.1, 0.15) is 5.75 Å². The molecule has 0 atom stereocenters. The number of rotatable bonds is 4. The topological polar surface area (TPSA) is 57.5 Å². The predicted octanol–water partition coefficient (Wildman–Crippen LogP) is 3.37. The number of ether oxygens (including phenoxy) is 1.